The number of ether oxygens (including phenoxy) is 1. The number of hydrogen-bond donors (Lipinski definition) is 1. The highest BCUT2D eigenvalue weighted by Gasteiger charge is 2.08. The topological polar surface area (TPSA) is 59.7 Å². The van der Waals surface area contributed by atoms with E-state index in [1.54, 1.807) is 18.2 Å². The molecular formula is C13H11ClO4. The van der Waals surface area contributed by atoms with E-state index in [0.29, 0.717) is 17.4 Å². The van der Waals surface area contributed by atoms with Crippen molar-refractivity contribution >= 4 is 17.6 Å². The van der Waals surface area contributed by atoms with Gasteiger partial charge in [-0.05, 0) is 29.8 Å². The number of benzene rings is 1. The number of carboxylic acid groups (broad SMARTS) is 1. The summed E-state index contributed by atoms with van der Waals surface area (Å²) in [5, 5.41) is 9.36. The first-order valence-electron chi connectivity index (χ1n) is 5.29. The predicted octanol–water partition coefficient (Wildman–Crippen LogP) is 3.35. The van der Waals surface area contributed by atoms with Crippen molar-refractivity contribution in [2.75, 3.05) is 0 Å². The molecule has 18 heavy (non-hydrogen) atoms. The third-order valence-corrected chi connectivity index (χ3v) is 2.55. The summed E-state index contributed by atoms with van der Waals surface area (Å²) < 4.78 is 10.5. The van der Waals surface area contributed by atoms with Gasteiger partial charge in [0.25, 0.3) is 0 Å². The number of halogens is 1. The van der Waals surface area contributed by atoms with Crippen molar-refractivity contribution in [3.63, 3.8) is 0 Å². The minimum absolute atomic E-state index is 0.0832. The highest BCUT2D eigenvalue weighted by atomic mass is 35.5. The first kappa shape index (κ1) is 12.7. The molecule has 0 atom stereocenters. The molecule has 5 heteroatoms. The zero-order valence-electron chi connectivity index (χ0n) is 9.43. The summed E-state index contributed by atoms with van der Waals surface area (Å²) >= 11 is 5.76. The molecule has 0 saturated heterocycles. The largest absolute Gasteiger partial charge is 0.475 e. The van der Waals surface area contributed by atoms with Crippen LogP contribution in [0.3, 0.4) is 0 Å². The molecule has 1 heterocycles. The predicted molar refractivity (Wildman–Crippen MR) is 65.6 cm³/mol. The lowest BCUT2D eigenvalue weighted by atomic mass is 10.2. The fraction of sp³-hybridized carbons (Fsp3) is 0.154. The van der Waals surface area contributed by atoms with Gasteiger partial charge in [-0.2, -0.15) is 0 Å². The summed E-state index contributed by atoms with van der Waals surface area (Å²) in [5.41, 5.74) is 0.990. The molecule has 0 radical (unpaired) electrons. The second kappa shape index (κ2) is 5.71. The molecule has 0 aliphatic carbocycles. The molecule has 2 rings (SSSR count). The Morgan fingerprint density at radius 1 is 1.17 bits per heavy atom. The van der Waals surface area contributed by atoms with E-state index >= 15 is 0 Å². The SMILES string of the molecule is O=C(O)c1ccc(COCc2ccc(Cl)cc2)o1. The van der Waals surface area contributed by atoms with E-state index in [-0.39, 0.29) is 12.4 Å². The van der Waals surface area contributed by atoms with E-state index in [4.69, 9.17) is 25.9 Å². The van der Waals surface area contributed by atoms with Crippen LogP contribution in [0.1, 0.15) is 21.9 Å². The first-order valence-corrected chi connectivity index (χ1v) is 5.67. The lowest BCUT2D eigenvalue weighted by Crippen LogP contribution is -1.94. The Morgan fingerprint density at radius 3 is 2.50 bits per heavy atom. The molecule has 0 bridgehead atoms. The van der Waals surface area contributed by atoms with Gasteiger partial charge in [-0.25, -0.2) is 4.79 Å². The Hall–Kier alpha value is -1.78. The zero-order chi connectivity index (χ0) is 13.0. The van der Waals surface area contributed by atoms with Crippen LogP contribution < -0.4 is 0 Å². The average molecular weight is 267 g/mol. The minimum atomic E-state index is -1.08. The summed E-state index contributed by atoms with van der Waals surface area (Å²) in [6.07, 6.45) is 0. The summed E-state index contributed by atoms with van der Waals surface area (Å²) in [5.74, 6) is -0.680. The second-order valence-corrected chi connectivity index (χ2v) is 4.13. The van der Waals surface area contributed by atoms with Gasteiger partial charge in [-0.1, -0.05) is 23.7 Å². The fourth-order valence-electron chi connectivity index (χ4n) is 1.42. The van der Waals surface area contributed by atoms with Gasteiger partial charge in [0.05, 0.1) is 6.61 Å². The third-order valence-electron chi connectivity index (χ3n) is 2.30. The Balaban J connectivity index is 1.84. The van der Waals surface area contributed by atoms with E-state index in [0.717, 1.165) is 5.56 Å². The molecule has 0 unspecified atom stereocenters. The van der Waals surface area contributed by atoms with E-state index < -0.39 is 5.97 Å². The van der Waals surface area contributed by atoms with Gasteiger partial charge in [-0.3, -0.25) is 0 Å². The molecule has 1 N–H and O–H groups in total. The lowest BCUT2D eigenvalue weighted by molar-refractivity contribution is 0.0641. The molecule has 1 aromatic heterocycles. The molecule has 0 spiro atoms. The van der Waals surface area contributed by atoms with Crippen LogP contribution in [-0.4, -0.2) is 11.1 Å². The molecule has 94 valence electrons. The highest BCUT2D eigenvalue weighted by molar-refractivity contribution is 6.30. The maximum absolute atomic E-state index is 10.6. The maximum atomic E-state index is 10.6. The molecule has 4 nitrogen and oxygen atoms in total. The quantitative estimate of drug-likeness (QED) is 0.902. The Labute approximate surface area is 109 Å². The van der Waals surface area contributed by atoms with E-state index in [1.807, 2.05) is 12.1 Å². The molecule has 2 aromatic rings. The first-order chi connectivity index (χ1) is 8.65. The number of carboxylic acids is 1. The van der Waals surface area contributed by atoms with Crippen LogP contribution >= 0.6 is 11.6 Å². The van der Waals surface area contributed by atoms with Crippen molar-refractivity contribution < 1.29 is 19.1 Å². The van der Waals surface area contributed by atoms with E-state index in [9.17, 15) is 4.79 Å². The van der Waals surface area contributed by atoms with Gasteiger partial charge in [0.1, 0.15) is 12.4 Å². The molecule has 0 saturated carbocycles. The van der Waals surface area contributed by atoms with Gasteiger partial charge in [-0.15, -0.1) is 0 Å². The van der Waals surface area contributed by atoms with Crippen molar-refractivity contribution in [2.45, 2.75) is 13.2 Å². The van der Waals surface area contributed by atoms with Crippen LogP contribution in [0.25, 0.3) is 0 Å². The van der Waals surface area contributed by atoms with Crippen LogP contribution in [0.5, 0.6) is 0 Å². The van der Waals surface area contributed by atoms with Crippen molar-refractivity contribution in [3.8, 4) is 0 Å². The number of carbonyl (C=O) groups is 1. The highest BCUT2D eigenvalue weighted by Crippen LogP contribution is 2.12. The Morgan fingerprint density at radius 2 is 1.89 bits per heavy atom. The molecule has 0 fully saturated rings. The van der Waals surface area contributed by atoms with Crippen LogP contribution in [0, 0.1) is 0 Å². The summed E-state index contributed by atoms with van der Waals surface area (Å²) in [7, 11) is 0. The second-order valence-electron chi connectivity index (χ2n) is 3.69. The summed E-state index contributed by atoms with van der Waals surface area (Å²) in [6, 6.07) is 10.3. The maximum Gasteiger partial charge on any atom is 0.371 e. The van der Waals surface area contributed by atoms with Gasteiger partial charge < -0.3 is 14.3 Å². The fourth-order valence-corrected chi connectivity index (χ4v) is 1.55. The van der Waals surface area contributed by atoms with Crippen molar-refractivity contribution in [1.82, 2.24) is 0 Å². The van der Waals surface area contributed by atoms with E-state index in [2.05, 4.69) is 0 Å². The number of aromatic carboxylic acids is 1. The Bertz CT molecular complexity index is 530. The van der Waals surface area contributed by atoms with Crippen molar-refractivity contribution in [1.29, 1.82) is 0 Å². The van der Waals surface area contributed by atoms with Crippen molar-refractivity contribution in [2.24, 2.45) is 0 Å². The number of hydrogen-bond acceptors (Lipinski definition) is 3. The molecule has 0 aliphatic rings. The van der Waals surface area contributed by atoms with Gasteiger partial charge >= 0.3 is 5.97 Å². The van der Waals surface area contributed by atoms with Crippen molar-refractivity contribution in [3.05, 3.63) is 58.5 Å². The monoisotopic (exact) mass is 266 g/mol. The number of rotatable bonds is 5. The van der Waals surface area contributed by atoms with E-state index in [1.165, 1.54) is 6.07 Å². The zero-order valence-corrected chi connectivity index (χ0v) is 10.2. The minimum Gasteiger partial charge on any atom is -0.475 e. The Kier molecular flexibility index (Phi) is 4.02. The molecular weight excluding hydrogens is 256 g/mol. The smallest absolute Gasteiger partial charge is 0.371 e. The summed E-state index contributed by atoms with van der Waals surface area (Å²) in [6.45, 7) is 0.649. The molecule has 0 amide bonds. The van der Waals surface area contributed by atoms with Gasteiger partial charge in [0.2, 0.25) is 5.76 Å². The van der Waals surface area contributed by atoms with Gasteiger partial charge in [0, 0.05) is 5.02 Å². The normalized spacial score (nSPS) is 10.5. The molecule has 0 aliphatic heterocycles. The van der Waals surface area contributed by atoms with Gasteiger partial charge in [0.15, 0.2) is 0 Å². The van der Waals surface area contributed by atoms with Crippen LogP contribution in [0.4, 0.5) is 0 Å². The number of furan rings is 1. The van der Waals surface area contributed by atoms with Crippen LogP contribution in [-0.2, 0) is 18.0 Å². The average Bonchev–Trinajstić information content (AvgIpc) is 2.81. The third kappa shape index (κ3) is 3.35. The van der Waals surface area contributed by atoms with Crippen LogP contribution in [0.15, 0.2) is 40.8 Å². The van der Waals surface area contributed by atoms with Crippen LogP contribution in [0.2, 0.25) is 5.02 Å². The summed E-state index contributed by atoms with van der Waals surface area (Å²) in [4.78, 5) is 10.6. The molecule has 1 aromatic carbocycles. The lowest BCUT2D eigenvalue weighted by Gasteiger charge is -2.02. The standard InChI is InChI=1S/C13H11ClO4/c14-10-3-1-9(2-4-10)7-17-8-11-5-6-12(18-11)13(15)16/h1-6H,7-8H2,(H,15,16).